The van der Waals surface area contributed by atoms with Crippen LogP contribution >= 0.6 is 23.2 Å². The molecule has 0 saturated carbocycles. The average molecular weight is 348 g/mol. The third kappa shape index (κ3) is 3.23. The lowest BCUT2D eigenvalue weighted by molar-refractivity contribution is 0.0981. The molecule has 0 fully saturated rings. The quantitative estimate of drug-likeness (QED) is 0.810. The molecule has 0 radical (unpaired) electrons. The van der Waals surface area contributed by atoms with Gasteiger partial charge < -0.3 is 4.98 Å². The third-order valence-electron chi connectivity index (χ3n) is 2.38. The number of hydrogen-bond acceptors (Lipinski definition) is 5. The Morgan fingerprint density at radius 1 is 1.29 bits per heavy atom. The van der Waals surface area contributed by atoms with Gasteiger partial charge in [-0.3, -0.25) is 9.59 Å². The molecule has 2 aromatic heterocycles. The van der Waals surface area contributed by atoms with E-state index in [1.807, 2.05) is 0 Å². The number of pyridine rings is 2. The molecule has 21 heavy (non-hydrogen) atoms. The molecule has 0 spiro atoms. The molecule has 0 aromatic carbocycles. The van der Waals surface area contributed by atoms with Crippen LogP contribution in [0.4, 0.5) is 0 Å². The Morgan fingerprint density at radius 3 is 2.62 bits per heavy atom. The number of rotatable bonds is 3. The van der Waals surface area contributed by atoms with Gasteiger partial charge in [-0.1, -0.05) is 23.2 Å². The highest BCUT2D eigenvalue weighted by Crippen LogP contribution is 2.22. The molecule has 110 valence electrons. The van der Waals surface area contributed by atoms with Gasteiger partial charge in [-0.25, -0.2) is 18.1 Å². The third-order valence-corrected chi connectivity index (χ3v) is 4.34. The van der Waals surface area contributed by atoms with E-state index in [2.05, 4.69) is 9.97 Å². The monoisotopic (exact) mass is 347 g/mol. The van der Waals surface area contributed by atoms with E-state index in [1.54, 1.807) is 4.72 Å². The average Bonchev–Trinajstić information content (AvgIpc) is 2.38. The molecule has 1 amide bonds. The summed E-state index contributed by atoms with van der Waals surface area (Å²) in [5.41, 5.74) is -1.15. The van der Waals surface area contributed by atoms with Crippen molar-refractivity contribution in [3.05, 3.63) is 56.7 Å². The minimum absolute atomic E-state index is 0.0651. The maximum Gasteiger partial charge on any atom is 0.269 e. The van der Waals surface area contributed by atoms with Crippen molar-refractivity contribution in [2.24, 2.45) is 0 Å². The topological polar surface area (TPSA) is 109 Å². The van der Waals surface area contributed by atoms with Crippen molar-refractivity contribution < 1.29 is 13.2 Å². The zero-order valence-corrected chi connectivity index (χ0v) is 12.5. The number of aromatic nitrogens is 2. The van der Waals surface area contributed by atoms with E-state index in [0.29, 0.717) is 0 Å². The molecule has 0 atom stereocenters. The van der Waals surface area contributed by atoms with Crippen molar-refractivity contribution in [2.45, 2.75) is 4.90 Å². The number of halogens is 2. The van der Waals surface area contributed by atoms with Crippen molar-refractivity contribution in [3.8, 4) is 0 Å². The molecular weight excluding hydrogens is 341 g/mol. The zero-order valence-electron chi connectivity index (χ0n) is 10.1. The SMILES string of the molecule is O=C(NS(=O)(=O)c1ccc[nH]c1=O)c1c(Cl)ccnc1Cl. The van der Waals surface area contributed by atoms with Crippen LogP contribution in [0.1, 0.15) is 10.4 Å². The fourth-order valence-corrected chi connectivity index (χ4v) is 3.00. The van der Waals surface area contributed by atoms with Gasteiger partial charge in [-0.05, 0) is 18.2 Å². The Morgan fingerprint density at radius 2 is 2.00 bits per heavy atom. The van der Waals surface area contributed by atoms with Crippen LogP contribution in [0.25, 0.3) is 0 Å². The highest BCUT2D eigenvalue weighted by molar-refractivity contribution is 7.90. The first-order valence-corrected chi connectivity index (χ1v) is 7.61. The predicted molar refractivity (Wildman–Crippen MR) is 76.0 cm³/mol. The highest BCUT2D eigenvalue weighted by atomic mass is 35.5. The van der Waals surface area contributed by atoms with Crippen LogP contribution in [0.2, 0.25) is 10.2 Å². The first-order valence-electron chi connectivity index (χ1n) is 5.38. The van der Waals surface area contributed by atoms with Crippen LogP contribution in [0.5, 0.6) is 0 Å². The van der Waals surface area contributed by atoms with Gasteiger partial charge >= 0.3 is 0 Å². The van der Waals surface area contributed by atoms with E-state index in [4.69, 9.17) is 23.2 Å². The fraction of sp³-hybridized carbons (Fsp3) is 0. The van der Waals surface area contributed by atoms with Gasteiger partial charge in [0.15, 0.2) is 4.90 Å². The molecule has 7 nitrogen and oxygen atoms in total. The summed E-state index contributed by atoms with van der Waals surface area (Å²) in [6, 6.07) is 3.65. The Kier molecular flexibility index (Phi) is 4.31. The highest BCUT2D eigenvalue weighted by Gasteiger charge is 2.24. The van der Waals surface area contributed by atoms with Crippen molar-refractivity contribution in [2.75, 3.05) is 0 Å². The van der Waals surface area contributed by atoms with Gasteiger partial charge in [0.05, 0.1) is 10.6 Å². The number of amides is 1. The number of nitrogens with one attached hydrogen (secondary N) is 2. The maximum atomic E-state index is 12.0. The first-order chi connectivity index (χ1) is 9.83. The molecule has 2 aromatic rings. The number of carbonyl (C=O) groups is 1. The first kappa shape index (κ1) is 15.5. The molecule has 0 aliphatic rings. The summed E-state index contributed by atoms with van der Waals surface area (Å²) in [4.78, 5) is 28.7. The summed E-state index contributed by atoms with van der Waals surface area (Å²) < 4.78 is 25.7. The second-order valence-electron chi connectivity index (χ2n) is 3.76. The van der Waals surface area contributed by atoms with Crippen LogP contribution in [0, 0.1) is 0 Å². The fourth-order valence-electron chi connectivity index (χ4n) is 1.46. The van der Waals surface area contributed by atoms with E-state index in [0.717, 1.165) is 6.07 Å². The number of H-pyrrole nitrogens is 1. The van der Waals surface area contributed by atoms with Gasteiger partial charge in [0.25, 0.3) is 21.5 Å². The van der Waals surface area contributed by atoms with Crippen molar-refractivity contribution in [1.82, 2.24) is 14.7 Å². The summed E-state index contributed by atoms with van der Waals surface area (Å²) >= 11 is 11.5. The lowest BCUT2D eigenvalue weighted by Gasteiger charge is -2.08. The molecule has 0 aliphatic carbocycles. The molecule has 2 N–H and O–H groups in total. The minimum atomic E-state index is -4.36. The molecule has 10 heteroatoms. The van der Waals surface area contributed by atoms with Gasteiger partial charge in [0, 0.05) is 12.4 Å². The van der Waals surface area contributed by atoms with Crippen LogP contribution in [-0.2, 0) is 10.0 Å². The normalized spacial score (nSPS) is 11.1. The molecule has 0 bridgehead atoms. The smallest absolute Gasteiger partial charge is 0.269 e. The van der Waals surface area contributed by atoms with Crippen LogP contribution in [0.3, 0.4) is 0 Å². The summed E-state index contributed by atoms with van der Waals surface area (Å²) in [6.45, 7) is 0. The van der Waals surface area contributed by atoms with Gasteiger partial charge in [-0.15, -0.1) is 0 Å². The Bertz CT molecular complexity index is 844. The minimum Gasteiger partial charge on any atom is -0.328 e. The lowest BCUT2D eigenvalue weighted by atomic mass is 10.3. The van der Waals surface area contributed by atoms with E-state index in [9.17, 15) is 18.0 Å². The van der Waals surface area contributed by atoms with E-state index in [1.165, 1.54) is 24.5 Å². The summed E-state index contributed by atoms with van der Waals surface area (Å²) in [5, 5.41) is -0.318. The summed E-state index contributed by atoms with van der Waals surface area (Å²) in [5.74, 6) is -1.08. The lowest BCUT2D eigenvalue weighted by Crippen LogP contribution is -2.34. The van der Waals surface area contributed by atoms with Crippen LogP contribution in [0.15, 0.2) is 40.3 Å². The van der Waals surface area contributed by atoms with Crippen LogP contribution < -0.4 is 10.3 Å². The zero-order chi connectivity index (χ0) is 15.6. The predicted octanol–water partition coefficient (Wildman–Crippen LogP) is 1.20. The molecular formula is C11H7Cl2N3O4S. The standard InChI is InChI=1S/C11H7Cl2N3O4S/c12-6-3-5-14-9(13)8(6)11(18)16-21(19,20)7-2-1-4-15-10(7)17/h1-5H,(H,15,17)(H,16,18). The van der Waals surface area contributed by atoms with Crippen molar-refractivity contribution >= 4 is 39.1 Å². The summed E-state index contributed by atoms with van der Waals surface area (Å²) in [7, 11) is -4.36. The van der Waals surface area contributed by atoms with Crippen molar-refractivity contribution in [1.29, 1.82) is 0 Å². The number of sulfonamides is 1. The van der Waals surface area contributed by atoms with Gasteiger partial charge in [-0.2, -0.15) is 0 Å². The van der Waals surface area contributed by atoms with Gasteiger partial charge in [0.2, 0.25) is 0 Å². The Balaban J connectivity index is 2.40. The Labute approximate surface area is 129 Å². The number of carbonyl (C=O) groups excluding carboxylic acids is 1. The Hall–Kier alpha value is -1.90. The van der Waals surface area contributed by atoms with Gasteiger partial charge in [0.1, 0.15) is 5.15 Å². The second kappa shape index (κ2) is 5.84. The molecule has 2 rings (SSSR count). The maximum absolute atomic E-state index is 12.0. The number of aromatic amines is 1. The van der Waals surface area contributed by atoms with E-state index >= 15 is 0 Å². The molecule has 0 saturated heterocycles. The van der Waals surface area contributed by atoms with Crippen molar-refractivity contribution in [3.63, 3.8) is 0 Å². The van der Waals surface area contributed by atoms with E-state index in [-0.39, 0.29) is 15.7 Å². The molecule has 2 heterocycles. The van der Waals surface area contributed by atoms with Crippen LogP contribution in [-0.4, -0.2) is 24.3 Å². The second-order valence-corrected chi connectivity index (χ2v) is 6.17. The molecule has 0 unspecified atom stereocenters. The number of nitrogens with zero attached hydrogens (tertiary/aromatic N) is 1. The largest absolute Gasteiger partial charge is 0.328 e. The van der Waals surface area contributed by atoms with E-state index < -0.39 is 26.4 Å². The number of hydrogen-bond donors (Lipinski definition) is 2. The molecule has 0 aliphatic heterocycles. The summed E-state index contributed by atoms with van der Waals surface area (Å²) in [6.07, 6.45) is 2.52.